The Morgan fingerprint density at radius 2 is 1.84 bits per heavy atom. The third-order valence-electron chi connectivity index (χ3n) is 4.96. The van der Waals surface area contributed by atoms with E-state index in [1.165, 1.54) is 11.7 Å². The van der Waals surface area contributed by atoms with Crippen LogP contribution in [0.2, 0.25) is 5.02 Å². The highest BCUT2D eigenvalue weighted by Gasteiger charge is 2.40. The number of fused-ring (bicyclic) bond motifs is 3. The lowest BCUT2D eigenvalue weighted by Crippen LogP contribution is -2.41. The minimum atomic E-state index is -0.769. The number of aromatic nitrogens is 1. The average molecular weight is 443 g/mol. The zero-order valence-electron chi connectivity index (χ0n) is 17.7. The largest absolute Gasteiger partial charge is 0.451 e. The molecule has 1 unspecified atom stereocenters. The van der Waals surface area contributed by atoms with Crippen LogP contribution >= 0.6 is 11.6 Å². The number of rotatable bonds is 1. The number of hydroxylamine groups is 2. The van der Waals surface area contributed by atoms with E-state index in [1.54, 1.807) is 39.0 Å². The summed E-state index contributed by atoms with van der Waals surface area (Å²) in [5.41, 5.74) is 2.02. The molecule has 1 aliphatic rings. The second-order valence-corrected chi connectivity index (χ2v) is 8.66. The Kier molecular flexibility index (Phi) is 5.41. The van der Waals surface area contributed by atoms with E-state index in [1.807, 2.05) is 30.3 Å². The van der Waals surface area contributed by atoms with Crippen molar-refractivity contribution in [2.24, 2.45) is 0 Å². The number of halogens is 1. The van der Waals surface area contributed by atoms with Gasteiger partial charge < -0.3 is 9.47 Å². The highest BCUT2D eigenvalue weighted by molar-refractivity contribution is 6.30. The SMILES string of the molecule is COC(=O)N1OCc2c(n(C(=O)OC(C)(C)C)c3ccccc23)C1c1cccc(Cl)c1. The maximum absolute atomic E-state index is 13.3. The first kappa shape index (κ1) is 21.2. The van der Waals surface area contributed by atoms with Crippen LogP contribution in [0.5, 0.6) is 0 Å². The summed E-state index contributed by atoms with van der Waals surface area (Å²) in [6.45, 7) is 5.52. The van der Waals surface area contributed by atoms with E-state index in [4.69, 9.17) is 25.9 Å². The summed E-state index contributed by atoms with van der Waals surface area (Å²) in [6, 6.07) is 13.8. The van der Waals surface area contributed by atoms with E-state index in [0.29, 0.717) is 21.8 Å². The van der Waals surface area contributed by atoms with Crippen molar-refractivity contribution in [1.29, 1.82) is 0 Å². The Balaban J connectivity index is 2.01. The van der Waals surface area contributed by atoms with E-state index in [9.17, 15) is 9.59 Å². The minimum Gasteiger partial charge on any atom is -0.451 e. The van der Waals surface area contributed by atoms with Gasteiger partial charge in [-0.25, -0.2) is 14.2 Å². The Morgan fingerprint density at radius 1 is 1.10 bits per heavy atom. The summed E-state index contributed by atoms with van der Waals surface area (Å²) >= 11 is 6.25. The molecule has 0 spiro atoms. The quantitative estimate of drug-likeness (QED) is 0.484. The number of amides is 1. The fourth-order valence-electron chi connectivity index (χ4n) is 3.81. The van der Waals surface area contributed by atoms with Gasteiger partial charge in [0.05, 0.1) is 18.3 Å². The number of hydrogen-bond donors (Lipinski definition) is 0. The summed E-state index contributed by atoms with van der Waals surface area (Å²) in [7, 11) is 1.28. The van der Waals surface area contributed by atoms with Gasteiger partial charge in [0, 0.05) is 16.0 Å². The van der Waals surface area contributed by atoms with Crippen LogP contribution in [-0.2, 0) is 20.9 Å². The van der Waals surface area contributed by atoms with Gasteiger partial charge in [0.1, 0.15) is 18.2 Å². The molecule has 0 aliphatic carbocycles. The topological polar surface area (TPSA) is 70.0 Å². The molecule has 1 amide bonds. The second kappa shape index (κ2) is 7.90. The van der Waals surface area contributed by atoms with Crippen molar-refractivity contribution in [3.8, 4) is 0 Å². The first-order valence-electron chi connectivity index (χ1n) is 9.82. The highest BCUT2D eigenvalue weighted by Crippen LogP contribution is 2.42. The van der Waals surface area contributed by atoms with Crippen LogP contribution in [-0.4, -0.2) is 34.5 Å². The number of hydrogen-bond acceptors (Lipinski definition) is 5. The van der Waals surface area contributed by atoms with Gasteiger partial charge in [-0.05, 0) is 44.5 Å². The Hall–Kier alpha value is -3.03. The van der Waals surface area contributed by atoms with E-state index < -0.39 is 23.8 Å². The highest BCUT2D eigenvalue weighted by atomic mass is 35.5. The summed E-state index contributed by atoms with van der Waals surface area (Å²) in [4.78, 5) is 31.7. The molecule has 2 heterocycles. The van der Waals surface area contributed by atoms with Gasteiger partial charge in [-0.15, -0.1) is 0 Å². The van der Waals surface area contributed by atoms with E-state index in [2.05, 4.69) is 0 Å². The van der Waals surface area contributed by atoms with Crippen molar-refractivity contribution in [2.75, 3.05) is 7.11 Å². The van der Waals surface area contributed by atoms with Crippen molar-refractivity contribution < 1.29 is 23.9 Å². The molecule has 31 heavy (non-hydrogen) atoms. The van der Waals surface area contributed by atoms with E-state index >= 15 is 0 Å². The molecule has 0 bridgehead atoms. The molecule has 1 aromatic heterocycles. The number of ether oxygens (including phenoxy) is 2. The number of methoxy groups -OCH3 is 1. The predicted molar refractivity (Wildman–Crippen MR) is 116 cm³/mol. The van der Waals surface area contributed by atoms with Gasteiger partial charge in [-0.1, -0.05) is 41.9 Å². The molecule has 4 rings (SSSR count). The summed E-state index contributed by atoms with van der Waals surface area (Å²) in [5, 5.41) is 2.47. The molecule has 2 aromatic carbocycles. The van der Waals surface area contributed by atoms with Gasteiger partial charge >= 0.3 is 12.2 Å². The van der Waals surface area contributed by atoms with Crippen LogP contribution in [0.3, 0.4) is 0 Å². The van der Waals surface area contributed by atoms with Gasteiger partial charge in [-0.3, -0.25) is 4.84 Å². The predicted octanol–water partition coefficient (Wildman–Crippen LogP) is 5.68. The van der Waals surface area contributed by atoms with Crippen LogP contribution in [0, 0.1) is 0 Å². The zero-order chi connectivity index (χ0) is 22.3. The fourth-order valence-corrected chi connectivity index (χ4v) is 4.01. The molecule has 3 aromatic rings. The molecule has 0 radical (unpaired) electrons. The van der Waals surface area contributed by atoms with Crippen molar-refractivity contribution in [3.63, 3.8) is 0 Å². The summed E-state index contributed by atoms with van der Waals surface area (Å²) in [6.07, 6.45) is -1.22. The Labute approximate surface area is 185 Å². The average Bonchev–Trinajstić information content (AvgIpc) is 3.06. The van der Waals surface area contributed by atoms with Crippen molar-refractivity contribution in [2.45, 2.75) is 39.0 Å². The molecule has 0 fully saturated rings. The van der Waals surface area contributed by atoms with Crippen LogP contribution in [0.15, 0.2) is 48.5 Å². The molecular formula is C23H23ClN2O5. The number of para-hydroxylation sites is 1. The fraction of sp³-hybridized carbons (Fsp3) is 0.304. The lowest BCUT2D eigenvalue weighted by molar-refractivity contribution is -0.173. The minimum absolute atomic E-state index is 0.0950. The molecule has 7 nitrogen and oxygen atoms in total. The standard InChI is InChI=1S/C23H23ClN2O5/c1-23(2,3)31-21(27)25-18-11-6-5-10-16(18)17-13-30-26(22(28)29-4)19(20(17)25)14-8-7-9-15(24)12-14/h5-12,19H,13H2,1-4H3. The van der Waals surface area contributed by atoms with Crippen molar-refractivity contribution in [3.05, 3.63) is 70.4 Å². The number of carbonyl (C=O) groups is 2. The van der Waals surface area contributed by atoms with E-state index in [0.717, 1.165) is 16.0 Å². The van der Waals surface area contributed by atoms with Crippen LogP contribution in [0.4, 0.5) is 9.59 Å². The zero-order valence-corrected chi connectivity index (χ0v) is 18.5. The lowest BCUT2D eigenvalue weighted by atomic mass is 9.98. The molecule has 1 atom stereocenters. The molecular weight excluding hydrogens is 420 g/mol. The maximum Gasteiger partial charge on any atom is 0.434 e. The summed E-state index contributed by atoms with van der Waals surface area (Å²) in [5.74, 6) is 0. The first-order chi connectivity index (χ1) is 14.7. The van der Waals surface area contributed by atoms with Gasteiger partial charge in [0.2, 0.25) is 0 Å². The number of nitrogens with zero attached hydrogens (tertiary/aromatic N) is 2. The van der Waals surface area contributed by atoms with Crippen molar-refractivity contribution in [1.82, 2.24) is 9.63 Å². The van der Waals surface area contributed by atoms with Gasteiger partial charge in [-0.2, -0.15) is 5.06 Å². The maximum atomic E-state index is 13.3. The van der Waals surface area contributed by atoms with Crippen LogP contribution < -0.4 is 0 Å². The second-order valence-electron chi connectivity index (χ2n) is 8.22. The third-order valence-corrected chi connectivity index (χ3v) is 5.19. The monoisotopic (exact) mass is 442 g/mol. The molecule has 0 saturated heterocycles. The Morgan fingerprint density at radius 3 is 2.52 bits per heavy atom. The number of carbonyl (C=O) groups excluding carboxylic acids is 2. The Bertz CT molecular complexity index is 1160. The van der Waals surface area contributed by atoms with Crippen LogP contribution in [0.1, 0.15) is 43.6 Å². The summed E-state index contributed by atoms with van der Waals surface area (Å²) < 4.78 is 12.2. The molecule has 0 N–H and O–H groups in total. The van der Waals surface area contributed by atoms with Gasteiger partial charge in [0.15, 0.2) is 0 Å². The van der Waals surface area contributed by atoms with Crippen molar-refractivity contribution >= 4 is 34.7 Å². The smallest absolute Gasteiger partial charge is 0.434 e. The molecule has 0 saturated carbocycles. The third kappa shape index (κ3) is 3.86. The molecule has 162 valence electrons. The molecule has 8 heteroatoms. The first-order valence-corrected chi connectivity index (χ1v) is 10.2. The lowest BCUT2D eigenvalue weighted by Gasteiger charge is -2.35. The molecule has 1 aliphatic heterocycles. The number of benzene rings is 2. The van der Waals surface area contributed by atoms with E-state index in [-0.39, 0.29) is 6.61 Å². The normalized spacial score (nSPS) is 16.2. The van der Waals surface area contributed by atoms with Gasteiger partial charge in [0.25, 0.3) is 0 Å². The van der Waals surface area contributed by atoms with Crippen LogP contribution in [0.25, 0.3) is 10.9 Å².